The molecule has 1 saturated heterocycles. The van der Waals surface area contributed by atoms with Gasteiger partial charge in [0.25, 0.3) is 5.69 Å². The lowest BCUT2D eigenvalue weighted by molar-refractivity contribution is -0.384. The predicted molar refractivity (Wildman–Crippen MR) is 83.0 cm³/mol. The summed E-state index contributed by atoms with van der Waals surface area (Å²) in [6.45, 7) is 2.60. The summed E-state index contributed by atoms with van der Waals surface area (Å²) in [5.74, 6) is -0.779. The van der Waals surface area contributed by atoms with Crippen molar-refractivity contribution in [2.24, 2.45) is 5.92 Å². The maximum atomic E-state index is 11.5. The number of anilines is 1. The number of non-ortho nitro benzene ring substituents is 1. The molecule has 2 atom stereocenters. The number of aliphatic carboxylic acids is 1. The zero-order valence-electron chi connectivity index (χ0n) is 11.0. The van der Waals surface area contributed by atoms with Gasteiger partial charge >= 0.3 is 5.97 Å². The average molecular weight is 390 g/mol. The molecule has 1 aromatic rings. The smallest absolute Gasteiger partial charge is 0.326 e. The van der Waals surface area contributed by atoms with Gasteiger partial charge in [-0.25, -0.2) is 4.79 Å². The van der Waals surface area contributed by atoms with Crippen molar-refractivity contribution in [1.82, 2.24) is 0 Å². The van der Waals surface area contributed by atoms with Crippen LogP contribution >= 0.6 is 22.6 Å². The van der Waals surface area contributed by atoms with Crippen molar-refractivity contribution >= 4 is 39.9 Å². The van der Waals surface area contributed by atoms with Crippen molar-refractivity contribution < 1.29 is 14.8 Å². The molecule has 6 nitrogen and oxygen atoms in total. The molecule has 1 N–H and O–H groups in total. The highest BCUT2D eigenvalue weighted by Crippen LogP contribution is 2.33. The van der Waals surface area contributed by atoms with Gasteiger partial charge in [-0.15, -0.1) is 0 Å². The Morgan fingerprint density at radius 1 is 1.55 bits per heavy atom. The van der Waals surface area contributed by atoms with Gasteiger partial charge in [0.2, 0.25) is 0 Å². The largest absolute Gasteiger partial charge is 0.480 e. The molecule has 7 heteroatoms. The van der Waals surface area contributed by atoms with E-state index in [0.717, 1.165) is 18.5 Å². The fraction of sp³-hybridized carbons (Fsp3) is 0.462. The van der Waals surface area contributed by atoms with E-state index in [2.05, 4.69) is 0 Å². The number of piperidine rings is 1. The van der Waals surface area contributed by atoms with E-state index in [-0.39, 0.29) is 11.6 Å². The first-order valence-corrected chi connectivity index (χ1v) is 7.43. The summed E-state index contributed by atoms with van der Waals surface area (Å²) in [5.41, 5.74) is 0.783. The quantitative estimate of drug-likeness (QED) is 0.488. The minimum absolute atomic E-state index is 0.0232. The van der Waals surface area contributed by atoms with E-state index in [1.54, 1.807) is 6.07 Å². The molecule has 0 spiro atoms. The number of carboxylic acids is 1. The third-order valence-corrected chi connectivity index (χ3v) is 4.50. The van der Waals surface area contributed by atoms with Crippen LogP contribution in [0.3, 0.4) is 0 Å². The second kappa shape index (κ2) is 5.94. The topological polar surface area (TPSA) is 83.7 Å². The third kappa shape index (κ3) is 2.87. The van der Waals surface area contributed by atoms with Gasteiger partial charge in [-0.05, 0) is 47.4 Å². The highest BCUT2D eigenvalue weighted by Gasteiger charge is 2.35. The molecule has 2 rings (SSSR count). The first-order chi connectivity index (χ1) is 9.41. The van der Waals surface area contributed by atoms with Gasteiger partial charge in [0.05, 0.1) is 10.6 Å². The Hall–Kier alpha value is -1.38. The standard InChI is InChI=1S/C13H15IN2O4/c1-8-3-2-6-15(12(8)13(17)18)11-5-4-9(16(19)20)7-10(11)14/h4-5,7-8,12H,2-3,6H2,1H3,(H,17,18). The number of hydrogen-bond donors (Lipinski definition) is 1. The zero-order valence-corrected chi connectivity index (χ0v) is 13.1. The van der Waals surface area contributed by atoms with Crippen molar-refractivity contribution in [3.63, 3.8) is 0 Å². The fourth-order valence-corrected chi connectivity index (χ4v) is 3.49. The van der Waals surface area contributed by atoms with E-state index >= 15 is 0 Å². The van der Waals surface area contributed by atoms with E-state index < -0.39 is 16.9 Å². The minimum Gasteiger partial charge on any atom is -0.480 e. The summed E-state index contributed by atoms with van der Waals surface area (Å²) in [6.07, 6.45) is 1.81. The molecule has 1 aromatic carbocycles. The molecule has 2 unspecified atom stereocenters. The monoisotopic (exact) mass is 390 g/mol. The zero-order chi connectivity index (χ0) is 14.9. The van der Waals surface area contributed by atoms with Gasteiger partial charge in [0.15, 0.2) is 0 Å². The summed E-state index contributed by atoms with van der Waals surface area (Å²) in [6, 6.07) is 3.98. The number of halogens is 1. The van der Waals surface area contributed by atoms with Crippen molar-refractivity contribution in [1.29, 1.82) is 0 Å². The minimum atomic E-state index is -0.841. The van der Waals surface area contributed by atoms with Crippen LogP contribution in [-0.2, 0) is 4.79 Å². The number of nitro groups is 1. The maximum absolute atomic E-state index is 11.5. The van der Waals surface area contributed by atoms with E-state index in [1.807, 2.05) is 34.4 Å². The molecule has 0 saturated carbocycles. The number of benzene rings is 1. The van der Waals surface area contributed by atoms with Crippen molar-refractivity contribution in [3.05, 3.63) is 31.9 Å². The molecule has 108 valence electrons. The van der Waals surface area contributed by atoms with E-state index in [9.17, 15) is 20.0 Å². The summed E-state index contributed by atoms with van der Waals surface area (Å²) in [4.78, 5) is 23.6. The van der Waals surface area contributed by atoms with Gasteiger partial charge in [-0.2, -0.15) is 0 Å². The number of hydrogen-bond acceptors (Lipinski definition) is 4. The maximum Gasteiger partial charge on any atom is 0.326 e. The molecule has 1 aliphatic heterocycles. The average Bonchev–Trinajstić information content (AvgIpc) is 2.37. The Bertz CT molecular complexity index is 549. The lowest BCUT2D eigenvalue weighted by atomic mass is 9.90. The Balaban J connectivity index is 2.38. The van der Waals surface area contributed by atoms with Crippen LogP contribution in [0.25, 0.3) is 0 Å². The molecular formula is C13H15IN2O4. The van der Waals surface area contributed by atoms with Crippen LogP contribution in [0, 0.1) is 19.6 Å². The summed E-state index contributed by atoms with van der Waals surface area (Å²) >= 11 is 2.02. The first kappa shape index (κ1) is 15.0. The van der Waals surface area contributed by atoms with Crippen LogP contribution in [-0.4, -0.2) is 28.6 Å². The fourth-order valence-electron chi connectivity index (χ4n) is 2.68. The van der Waals surface area contributed by atoms with Crippen molar-refractivity contribution in [3.8, 4) is 0 Å². The normalized spacial score (nSPS) is 22.6. The lowest BCUT2D eigenvalue weighted by Gasteiger charge is -2.39. The van der Waals surface area contributed by atoms with E-state index in [4.69, 9.17) is 0 Å². The highest BCUT2D eigenvalue weighted by atomic mass is 127. The highest BCUT2D eigenvalue weighted by molar-refractivity contribution is 14.1. The van der Waals surface area contributed by atoms with Gasteiger partial charge in [-0.1, -0.05) is 6.92 Å². The lowest BCUT2D eigenvalue weighted by Crippen LogP contribution is -2.49. The molecular weight excluding hydrogens is 375 g/mol. The van der Waals surface area contributed by atoms with Gasteiger partial charge < -0.3 is 10.0 Å². The number of rotatable bonds is 3. The number of nitrogens with zero attached hydrogens (tertiary/aromatic N) is 2. The molecule has 1 heterocycles. The summed E-state index contributed by atoms with van der Waals surface area (Å²) in [7, 11) is 0. The predicted octanol–water partition coefficient (Wildman–Crippen LogP) is 2.89. The number of nitro benzene ring substituents is 1. The molecule has 20 heavy (non-hydrogen) atoms. The van der Waals surface area contributed by atoms with Crippen LogP contribution in [0.15, 0.2) is 18.2 Å². The molecule has 1 fully saturated rings. The van der Waals surface area contributed by atoms with Crippen LogP contribution in [0.5, 0.6) is 0 Å². The molecule has 0 aromatic heterocycles. The Morgan fingerprint density at radius 2 is 2.25 bits per heavy atom. The summed E-state index contributed by atoms with van der Waals surface area (Å²) < 4.78 is 0.706. The Morgan fingerprint density at radius 3 is 2.80 bits per heavy atom. The second-order valence-electron chi connectivity index (χ2n) is 4.99. The van der Waals surface area contributed by atoms with Gasteiger partial charge in [0.1, 0.15) is 6.04 Å². The molecule has 0 bridgehead atoms. The summed E-state index contributed by atoms with van der Waals surface area (Å²) in [5, 5.41) is 20.2. The van der Waals surface area contributed by atoms with Crippen molar-refractivity contribution in [2.45, 2.75) is 25.8 Å². The molecule has 0 radical (unpaired) electrons. The molecule has 0 amide bonds. The SMILES string of the molecule is CC1CCCN(c2ccc([N+](=O)[O-])cc2I)C1C(=O)O. The van der Waals surface area contributed by atoms with Crippen LogP contribution < -0.4 is 4.90 Å². The van der Waals surface area contributed by atoms with E-state index in [0.29, 0.717) is 10.1 Å². The Labute approximate surface area is 130 Å². The van der Waals surface area contributed by atoms with Crippen LogP contribution in [0.2, 0.25) is 0 Å². The Kier molecular flexibility index (Phi) is 4.46. The number of carbonyl (C=O) groups is 1. The van der Waals surface area contributed by atoms with E-state index in [1.165, 1.54) is 12.1 Å². The molecule has 1 aliphatic rings. The van der Waals surface area contributed by atoms with Gasteiger partial charge in [0, 0.05) is 22.2 Å². The third-order valence-electron chi connectivity index (χ3n) is 3.64. The van der Waals surface area contributed by atoms with Crippen molar-refractivity contribution in [2.75, 3.05) is 11.4 Å². The number of carboxylic acid groups (broad SMARTS) is 1. The van der Waals surface area contributed by atoms with Crippen LogP contribution in [0.1, 0.15) is 19.8 Å². The van der Waals surface area contributed by atoms with Crippen LogP contribution in [0.4, 0.5) is 11.4 Å². The first-order valence-electron chi connectivity index (χ1n) is 6.35. The van der Waals surface area contributed by atoms with Gasteiger partial charge in [-0.3, -0.25) is 10.1 Å². The second-order valence-corrected chi connectivity index (χ2v) is 6.15. The molecule has 0 aliphatic carbocycles.